The fraction of sp³-hybridized carbons (Fsp3) is 0.286. The lowest BCUT2D eigenvalue weighted by Crippen LogP contribution is -2.07. The molecule has 0 aliphatic carbocycles. The second kappa shape index (κ2) is 6.43. The molecule has 0 aliphatic rings. The van der Waals surface area contributed by atoms with Crippen molar-refractivity contribution in [2.75, 3.05) is 5.32 Å². The van der Waals surface area contributed by atoms with Crippen molar-refractivity contribution >= 4 is 37.5 Å². The van der Waals surface area contributed by atoms with Crippen molar-refractivity contribution in [3.63, 3.8) is 0 Å². The molecule has 0 bridgehead atoms. The molecule has 0 unspecified atom stereocenters. The molecule has 4 heteroatoms. The smallest absolute Gasteiger partial charge is 0.0553 e. The van der Waals surface area contributed by atoms with Crippen molar-refractivity contribution in [3.05, 3.63) is 51.2 Å². The maximum Gasteiger partial charge on any atom is 0.0553 e. The number of hydrogen-bond acceptors (Lipinski definition) is 1. The third-order valence-corrected chi connectivity index (χ3v) is 3.96. The van der Waals surface area contributed by atoms with Crippen molar-refractivity contribution < 1.29 is 0 Å². The van der Waals surface area contributed by atoms with Crippen molar-refractivity contribution in [1.29, 1.82) is 0 Å². The van der Waals surface area contributed by atoms with Crippen molar-refractivity contribution in [1.82, 2.24) is 4.57 Å². The molecule has 2 aromatic rings. The van der Waals surface area contributed by atoms with Crippen molar-refractivity contribution in [2.45, 2.75) is 26.4 Å². The van der Waals surface area contributed by atoms with Gasteiger partial charge in [0.2, 0.25) is 0 Å². The van der Waals surface area contributed by atoms with Crippen LogP contribution in [0.2, 0.25) is 0 Å². The molecule has 1 N–H and O–H groups in total. The number of benzene rings is 1. The van der Waals surface area contributed by atoms with Crippen LogP contribution in [0.3, 0.4) is 0 Å². The normalized spacial score (nSPS) is 10.6. The van der Waals surface area contributed by atoms with Gasteiger partial charge in [-0.15, -0.1) is 0 Å². The first-order chi connectivity index (χ1) is 8.70. The van der Waals surface area contributed by atoms with Crippen LogP contribution < -0.4 is 5.32 Å². The Hall–Kier alpha value is -0.740. The molecule has 1 aromatic carbocycles. The van der Waals surface area contributed by atoms with Gasteiger partial charge in [0.05, 0.1) is 6.54 Å². The summed E-state index contributed by atoms with van der Waals surface area (Å²) in [6, 6.07) is 10.4. The molecule has 0 saturated carbocycles. The highest BCUT2D eigenvalue weighted by atomic mass is 79.9. The SMILES string of the molecule is CCCn1cccc1CNc1cc(Br)ccc1Br. The first-order valence-electron chi connectivity index (χ1n) is 6.03. The monoisotopic (exact) mass is 370 g/mol. The van der Waals surface area contributed by atoms with E-state index in [-0.39, 0.29) is 0 Å². The third-order valence-electron chi connectivity index (χ3n) is 2.78. The lowest BCUT2D eigenvalue weighted by molar-refractivity contribution is 0.654. The predicted molar refractivity (Wildman–Crippen MR) is 83.9 cm³/mol. The van der Waals surface area contributed by atoms with Gasteiger partial charge in [0.1, 0.15) is 0 Å². The van der Waals surface area contributed by atoms with Gasteiger partial charge >= 0.3 is 0 Å². The first kappa shape index (κ1) is 13.7. The quantitative estimate of drug-likeness (QED) is 0.779. The molecule has 96 valence electrons. The molecule has 18 heavy (non-hydrogen) atoms. The summed E-state index contributed by atoms with van der Waals surface area (Å²) >= 11 is 7.04. The largest absolute Gasteiger partial charge is 0.379 e. The van der Waals surface area contributed by atoms with Crippen molar-refractivity contribution in [3.8, 4) is 0 Å². The van der Waals surface area contributed by atoms with Crippen LogP contribution in [0.1, 0.15) is 19.0 Å². The third kappa shape index (κ3) is 3.39. The zero-order valence-corrected chi connectivity index (χ0v) is 13.5. The highest BCUT2D eigenvalue weighted by molar-refractivity contribution is 9.11. The van der Waals surface area contributed by atoms with Gasteiger partial charge in [0.15, 0.2) is 0 Å². The van der Waals surface area contributed by atoms with E-state index in [2.05, 4.69) is 73.1 Å². The number of anilines is 1. The van der Waals surface area contributed by atoms with Gasteiger partial charge < -0.3 is 9.88 Å². The van der Waals surface area contributed by atoms with Crippen LogP contribution in [0.4, 0.5) is 5.69 Å². The molecular weight excluding hydrogens is 356 g/mol. The van der Waals surface area contributed by atoms with Crippen LogP contribution in [-0.2, 0) is 13.1 Å². The van der Waals surface area contributed by atoms with E-state index in [4.69, 9.17) is 0 Å². The van der Waals surface area contributed by atoms with E-state index in [0.717, 1.165) is 34.1 Å². The molecule has 2 rings (SSSR count). The summed E-state index contributed by atoms with van der Waals surface area (Å²) in [5, 5.41) is 3.46. The zero-order valence-electron chi connectivity index (χ0n) is 10.3. The summed E-state index contributed by atoms with van der Waals surface area (Å²) in [5.41, 5.74) is 2.41. The highest BCUT2D eigenvalue weighted by Crippen LogP contribution is 2.26. The second-order valence-electron chi connectivity index (χ2n) is 4.17. The van der Waals surface area contributed by atoms with Gasteiger partial charge in [-0.2, -0.15) is 0 Å². The fourth-order valence-electron chi connectivity index (χ4n) is 1.89. The van der Waals surface area contributed by atoms with Gasteiger partial charge in [-0.1, -0.05) is 22.9 Å². The number of halogens is 2. The van der Waals surface area contributed by atoms with E-state index in [1.165, 1.54) is 5.69 Å². The Bertz CT molecular complexity index is 520. The summed E-state index contributed by atoms with van der Waals surface area (Å²) in [6.45, 7) is 4.10. The maximum atomic E-state index is 3.55. The second-order valence-corrected chi connectivity index (χ2v) is 5.94. The number of hydrogen-bond donors (Lipinski definition) is 1. The van der Waals surface area contributed by atoms with E-state index in [1.54, 1.807) is 0 Å². The molecule has 0 spiro atoms. The van der Waals surface area contributed by atoms with Crippen LogP contribution in [0.25, 0.3) is 0 Å². The topological polar surface area (TPSA) is 17.0 Å². The van der Waals surface area contributed by atoms with Crippen LogP contribution >= 0.6 is 31.9 Å². The summed E-state index contributed by atoms with van der Waals surface area (Å²) in [7, 11) is 0. The number of aromatic nitrogens is 1. The summed E-state index contributed by atoms with van der Waals surface area (Å²) < 4.78 is 4.45. The minimum atomic E-state index is 0.835. The summed E-state index contributed by atoms with van der Waals surface area (Å²) in [6.07, 6.45) is 3.29. The Balaban J connectivity index is 2.06. The average molecular weight is 372 g/mol. The van der Waals surface area contributed by atoms with Crippen LogP contribution in [0.5, 0.6) is 0 Å². The van der Waals surface area contributed by atoms with Crippen LogP contribution in [-0.4, -0.2) is 4.57 Å². The molecule has 2 nitrogen and oxygen atoms in total. The molecule has 1 aromatic heterocycles. The molecule has 0 fully saturated rings. The predicted octanol–water partition coefficient (Wildman–Crippen LogP) is 5.04. The highest BCUT2D eigenvalue weighted by Gasteiger charge is 2.03. The number of aryl methyl sites for hydroxylation is 1. The standard InChI is InChI=1S/C14H16Br2N2/c1-2-7-18-8-3-4-12(18)10-17-14-9-11(15)5-6-13(14)16/h3-6,8-9,17H,2,7,10H2,1H3. The van der Waals surface area contributed by atoms with E-state index < -0.39 is 0 Å². The Morgan fingerprint density at radius 2 is 2.06 bits per heavy atom. The lowest BCUT2D eigenvalue weighted by atomic mass is 10.3. The Morgan fingerprint density at radius 3 is 2.83 bits per heavy atom. The van der Waals surface area contributed by atoms with E-state index in [1.807, 2.05) is 12.1 Å². The van der Waals surface area contributed by atoms with Gasteiger partial charge in [0, 0.05) is 33.1 Å². The molecule has 1 heterocycles. The molecular formula is C14H16Br2N2. The lowest BCUT2D eigenvalue weighted by Gasteiger charge is -2.11. The minimum absolute atomic E-state index is 0.835. The fourth-order valence-corrected chi connectivity index (χ4v) is 2.64. The van der Waals surface area contributed by atoms with E-state index in [0.29, 0.717) is 0 Å². The minimum Gasteiger partial charge on any atom is -0.379 e. The average Bonchev–Trinajstić information content (AvgIpc) is 2.78. The Kier molecular flexibility index (Phi) is 4.89. The van der Waals surface area contributed by atoms with Gasteiger partial charge in [0.25, 0.3) is 0 Å². The Morgan fingerprint density at radius 1 is 1.22 bits per heavy atom. The number of nitrogens with one attached hydrogen (secondary N) is 1. The van der Waals surface area contributed by atoms with Crippen LogP contribution in [0, 0.1) is 0 Å². The molecule has 0 saturated heterocycles. The summed E-state index contributed by atoms with van der Waals surface area (Å²) in [4.78, 5) is 0. The Labute approximate surface area is 125 Å². The number of nitrogens with zero attached hydrogens (tertiary/aromatic N) is 1. The first-order valence-corrected chi connectivity index (χ1v) is 7.62. The molecule has 0 atom stereocenters. The molecule has 0 radical (unpaired) electrons. The summed E-state index contributed by atoms with van der Waals surface area (Å²) in [5.74, 6) is 0. The van der Waals surface area contributed by atoms with Gasteiger partial charge in [-0.05, 0) is 52.7 Å². The number of rotatable bonds is 5. The molecule has 0 amide bonds. The van der Waals surface area contributed by atoms with Gasteiger partial charge in [-0.25, -0.2) is 0 Å². The zero-order chi connectivity index (χ0) is 13.0. The van der Waals surface area contributed by atoms with E-state index in [9.17, 15) is 0 Å². The molecule has 0 aliphatic heterocycles. The van der Waals surface area contributed by atoms with Crippen LogP contribution in [0.15, 0.2) is 45.5 Å². The van der Waals surface area contributed by atoms with E-state index >= 15 is 0 Å². The van der Waals surface area contributed by atoms with Gasteiger partial charge in [-0.3, -0.25) is 0 Å². The van der Waals surface area contributed by atoms with Crippen molar-refractivity contribution in [2.24, 2.45) is 0 Å². The maximum absolute atomic E-state index is 3.55.